The zero-order valence-electron chi connectivity index (χ0n) is 34.5. The Hall–Kier alpha value is -5.10. The molecule has 0 saturated heterocycles. The van der Waals surface area contributed by atoms with E-state index in [1.165, 1.54) is 7.11 Å². The molecular formula is C48H48Cl2F3N3O5. The van der Waals surface area contributed by atoms with Gasteiger partial charge in [0.1, 0.15) is 23.6 Å². The van der Waals surface area contributed by atoms with E-state index in [0.717, 1.165) is 67.9 Å². The average Bonchev–Trinajstić information content (AvgIpc) is 3.45. The number of rotatable bonds is 12. The molecule has 0 saturated carbocycles. The molecule has 4 atom stereocenters. The van der Waals surface area contributed by atoms with Gasteiger partial charge in [0.2, 0.25) is 5.91 Å². The lowest BCUT2D eigenvalue weighted by atomic mass is 9.86. The number of benzene rings is 4. The summed E-state index contributed by atoms with van der Waals surface area (Å²) in [5, 5.41) is 3.69. The molecule has 0 spiro atoms. The first-order valence-corrected chi connectivity index (χ1v) is 21.1. The fourth-order valence-corrected chi connectivity index (χ4v) is 8.64. The Labute approximate surface area is 364 Å². The molecule has 0 fully saturated rings. The first-order valence-electron chi connectivity index (χ1n) is 20.4. The quantitative estimate of drug-likeness (QED) is 0.125. The van der Waals surface area contributed by atoms with Crippen LogP contribution in [0, 0.1) is 13.8 Å². The van der Waals surface area contributed by atoms with Crippen LogP contribution in [-0.4, -0.2) is 60.3 Å². The number of hydrogen-bond donors (Lipinski definition) is 1. The third kappa shape index (κ3) is 10.5. The van der Waals surface area contributed by atoms with Crippen molar-refractivity contribution in [2.24, 2.45) is 0 Å². The molecule has 3 heterocycles. The number of alkyl halides is 3. The Morgan fingerprint density at radius 3 is 2.38 bits per heavy atom. The summed E-state index contributed by atoms with van der Waals surface area (Å²) >= 11 is 12.4. The maximum absolute atomic E-state index is 14.1. The van der Waals surface area contributed by atoms with Crippen LogP contribution in [0.2, 0.25) is 10.0 Å². The summed E-state index contributed by atoms with van der Waals surface area (Å²) in [7, 11) is 1.22. The van der Waals surface area contributed by atoms with Gasteiger partial charge in [-0.25, -0.2) is 4.79 Å². The molecule has 320 valence electrons. The van der Waals surface area contributed by atoms with Crippen molar-refractivity contribution < 1.29 is 37.0 Å². The standard InChI is InChI=1S/C48H48Cl2F3N3O5/c1-5-44(34-12-15-40(49)41(50)23-34)61-38-13-10-31(11-14-38)33-17-19-60-45-25-35-24-43(56(27-48(51,52)53)26-37(35)22-36(45)21-33)46(57)55-42(47(58)59-4)20-30-6-8-32(9-7-30)39-16-18-54-29(3)28(39)2/h6-16,18,22-23,25,33,42-44H,5,17,19-21,24,26-27H2,1-4H3,(H,55,57)/t33-,42+,43+,44-/m1/s1. The van der Waals surface area contributed by atoms with Crippen molar-refractivity contribution in [1.29, 1.82) is 0 Å². The van der Waals surface area contributed by atoms with Gasteiger partial charge >= 0.3 is 12.1 Å². The smallest absolute Gasteiger partial charge is 0.401 e. The van der Waals surface area contributed by atoms with Crippen LogP contribution < -0.4 is 14.8 Å². The van der Waals surface area contributed by atoms with Crippen LogP contribution in [0.15, 0.2) is 91.1 Å². The third-order valence-corrected chi connectivity index (χ3v) is 12.5. The second kappa shape index (κ2) is 18.9. The topological polar surface area (TPSA) is 90.0 Å². The van der Waals surface area contributed by atoms with Crippen molar-refractivity contribution in [2.75, 3.05) is 20.3 Å². The zero-order chi connectivity index (χ0) is 43.4. The number of pyridine rings is 1. The molecule has 2 aliphatic rings. The van der Waals surface area contributed by atoms with E-state index in [-0.39, 0.29) is 31.4 Å². The highest BCUT2D eigenvalue weighted by molar-refractivity contribution is 6.42. The van der Waals surface area contributed by atoms with E-state index in [1.54, 1.807) is 12.3 Å². The fourth-order valence-electron chi connectivity index (χ4n) is 8.33. The minimum Gasteiger partial charge on any atom is -0.493 e. The molecule has 8 nitrogen and oxygen atoms in total. The van der Waals surface area contributed by atoms with E-state index in [1.807, 2.05) is 99.6 Å². The van der Waals surface area contributed by atoms with Gasteiger partial charge < -0.3 is 19.5 Å². The molecule has 1 aromatic heterocycles. The lowest BCUT2D eigenvalue weighted by Crippen LogP contribution is -2.56. The van der Waals surface area contributed by atoms with Crippen molar-refractivity contribution in [1.82, 2.24) is 15.2 Å². The Balaban J connectivity index is 1.06. The number of amides is 1. The molecule has 2 aliphatic heterocycles. The molecule has 0 aliphatic carbocycles. The number of carbonyl (C=O) groups is 2. The molecule has 7 rings (SSSR count). The minimum atomic E-state index is -4.57. The van der Waals surface area contributed by atoms with E-state index in [2.05, 4.69) is 10.3 Å². The molecule has 0 radical (unpaired) electrons. The second-order valence-electron chi connectivity index (χ2n) is 15.8. The summed E-state index contributed by atoms with van der Waals surface area (Å²) in [5.74, 6) is 0.0816. The molecule has 1 amide bonds. The molecule has 0 unspecified atom stereocenters. The SMILES string of the molecule is CC[C@@H](Oc1ccc([C@@H]2CCOc3cc4c(cc3C2)CN(CC(F)(F)F)[C@H](C(=O)N[C@@H](Cc2ccc(-c3ccnc(C)c3C)cc2)C(=O)OC)C4)cc1)c1ccc(Cl)c(Cl)c1. The predicted octanol–water partition coefficient (Wildman–Crippen LogP) is 10.5. The van der Waals surface area contributed by atoms with E-state index >= 15 is 0 Å². The number of halogens is 5. The van der Waals surface area contributed by atoms with E-state index in [4.69, 9.17) is 37.4 Å². The second-order valence-corrected chi connectivity index (χ2v) is 16.6. The van der Waals surface area contributed by atoms with E-state index in [9.17, 15) is 22.8 Å². The summed E-state index contributed by atoms with van der Waals surface area (Å²) in [4.78, 5) is 32.5. The number of methoxy groups -OCH3 is 1. The van der Waals surface area contributed by atoms with Gasteiger partial charge in [0.05, 0.1) is 36.3 Å². The van der Waals surface area contributed by atoms with Gasteiger partial charge in [-0.15, -0.1) is 0 Å². The number of fused-ring (bicyclic) bond motifs is 2. The number of hydrogen-bond acceptors (Lipinski definition) is 7. The molecule has 13 heteroatoms. The summed E-state index contributed by atoms with van der Waals surface area (Å²) in [6.45, 7) is 5.02. The van der Waals surface area contributed by atoms with Gasteiger partial charge in [-0.3, -0.25) is 14.7 Å². The summed E-state index contributed by atoms with van der Waals surface area (Å²) < 4.78 is 59.9. The van der Waals surface area contributed by atoms with Crippen molar-refractivity contribution in [3.8, 4) is 22.6 Å². The number of nitrogens with one attached hydrogen (secondary N) is 1. The van der Waals surface area contributed by atoms with Gasteiger partial charge in [-0.2, -0.15) is 13.2 Å². The molecule has 61 heavy (non-hydrogen) atoms. The number of ether oxygens (including phenoxy) is 3. The molecule has 1 N–H and O–H groups in total. The van der Waals surface area contributed by atoms with Crippen LogP contribution in [0.1, 0.15) is 76.4 Å². The van der Waals surface area contributed by atoms with Crippen LogP contribution in [-0.2, 0) is 40.1 Å². The van der Waals surface area contributed by atoms with Gasteiger partial charge in [0.15, 0.2) is 0 Å². The van der Waals surface area contributed by atoms with E-state index in [0.29, 0.717) is 40.1 Å². The number of nitrogens with zero attached hydrogens (tertiary/aromatic N) is 2. The Bertz CT molecular complexity index is 2380. The van der Waals surface area contributed by atoms with Crippen LogP contribution >= 0.6 is 23.2 Å². The monoisotopic (exact) mass is 873 g/mol. The van der Waals surface area contributed by atoms with Crippen LogP contribution in [0.25, 0.3) is 11.1 Å². The third-order valence-electron chi connectivity index (χ3n) is 11.8. The lowest BCUT2D eigenvalue weighted by molar-refractivity contribution is -0.159. The summed E-state index contributed by atoms with van der Waals surface area (Å²) in [6, 6.07) is 24.5. The summed E-state index contributed by atoms with van der Waals surface area (Å²) in [5.41, 5.74) is 9.07. The predicted molar refractivity (Wildman–Crippen MR) is 230 cm³/mol. The maximum atomic E-state index is 14.1. The highest BCUT2D eigenvalue weighted by Gasteiger charge is 2.41. The average molecular weight is 875 g/mol. The van der Waals surface area contributed by atoms with Crippen LogP contribution in [0.3, 0.4) is 0 Å². The fraction of sp³-hybridized carbons (Fsp3) is 0.354. The summed E-state index contributed by atoms with van der Waals surface area (Å²) in [6.07, 6.45) is -0.857. The van der Waals surface area contributed by atoms with Crippen LogP contribution in [0.5, 0.6) is 11.5 Å². The Kier molecular flexibility index (Phi) is 13.6. The van der Waals surface area contributed by atoms with Crippen molar-refractivity contribution in [3.63, 3.8) is 0 Å². The van der Waals surface area contributed by atoms with Gasteiger partial charge in [-0.1, -0.05) is 78.7 Å². The normalized spacial score (nSPS) is 17.5. The van der Waals surface area contributed by atoms with Crippen molar-refractivity contribution in [3.05, 3.63) is 146 Å². The van der Waals surface area contributed by atoms with E-state index < -0.39 is 36.7 Å². The first kappa shape index (κ1) is 44.0. The highest BCUT2D eigenvalue weighted by Crippen LogP contribution is 2.39. The first-order chi connectivity index (χ1) is 29.2. The molecular weight excluding hydrogens is 826 g/mol. The van der Waals surface area contributed by atoms with Gasteiger partial charge in [0.25, 0.3) is 0 Å². The number of aryl methyl sites for hydroxylation is 1. The Morgan fingerprint density at radius 2 is 1.69 bits per heavy atom. The lowest BCUT2D eigenvalue weighted by Gasteiger charge is -2.37. The largest absolute Gasteiger partial charge is 0.493 e. The minimum absolute atomic E-state index is 0.00699. The van der Waals surface area contributed by atoms with Gasteiger partial charge in [-0.05, 0) is 132 Å². The Morgan fingerprint density at radius 1 is 0.934 bits per heavy atom. The van der Waals surface area contributed by atoms with Gasteiger partial charge in [0, 0.05) is 24.9 Å². The molecule has 4 aromatic carbocycles. The highest BCUT2D eigenvalue weighted by atomic mass is 35.5. The molecule has 5 aromatic rings. The number of esters is 1. The number of aromatic nitrogens is 1. The van der Waals surface area contributed by atoms with Crippen molar-refractivity contribution in [2.45, 2.75) is 89.7 Å². The van der Waals surface area contributed by atoms with Crippen molar-refractivity contribution >= 4 is 35.1 Å². The zero-order valence-corrected chi connectivity index (χ0v) is 36.0. The molecule has 0 bridgehead atoms. The maximum Gasteiger partial charge on any atom is 0.401 e. The number of carbonyl (C=O) groups excluding carboxylic acids is 2. The van der Waals surface area contributed by atoms with Crippen LogP contribution in [0.4, 0.5) is 13.2 Å².